The Morgan fingerprint density at radius 2 is 1.24 bits per heavy atom. The van der Waals surface area contributed by atoms with Crippen LogP contribution in [0, 0.1) is 0 Å². The first-order valence-electron chi connectivity index (χ1n) is 9.52. The smallest absolute Gasteiger partial charge is 0.349 e. The highest BCUT2D eigenvalue weighted by Crippen LogP contribution is 2.30. The van der Waals surface area contributed by atoms with Gasteiger partial charge in [0, 0.05) is 27.7 Å². The molecular weight excluding hydrogens is 452 g/mol. The maximum absolute atomic E-state index is 12.3. The van der Waals surface area contributed by atoms with Gasteiger partial charge in [-0.1, -0.05) is 0 Å². The van der Waals surface area contributed by atoms with Gasteiger partial charge in [0.1, 0.15) is 0 Å². The molecule has 33 heavy (non-hydrogen) atoms. The van der Waals surface area contributed by atoms with E-state index in [1.165, 1.54) is 0 Å². The molecule has 0 saturated carbocycles. The van der Waals surface area contributed by atoms with Crippen molar-refractivity contribution in [3.05, 3.63) is 0 Å². The molecule has 0 bridgehead atoms. The molecule has 0 aromatic heterocycles. The van der Waals surface area contributed by atoms with Crippen LogP contribution in [0.1, 0.15) is 27.7 Å². The Balaban J connectivity index is 3.36. The van der Waals surface area contributed by atoms with Gasteiger partial charge in [-0.15, -0.1) is 0 Å². The second-order valence-corrected chi connectivity index (χ2v) is 6.62. The third kappa shape index (κ3) is 8.31. The van der Waals surface area contributed by atoms with E-state index in [2.05, 4.69) is 9.47 Å². The molecule has 6 atom stereocenters. The van der Waals surface area contributed by atoms with Gasteiger partial charge in [0.15, 0.2) is 30.7 Å². The molecule has 1 fully saturated rings. The maximum atomic E-state index is 12.3. The predicted molar refractivity (Wildman–Crippen MR) is 101 cm³/mol. The summed E-state index contributed by atoms with van der Waals surface area (Å²) in [6, 6.07) is 0. The number of hydrogen-bond acceptors (Lipinski definition) is 14. The lowest BCUT2D eigenvalue weighted by atomic mass is 9.97. The van der Waals surface area contributed by atoms with Crippen LogP contribution in [-0.4, -0.2) is 93.5 Å². The summed E-state index contributed by atoms with van der Waals surface area (Å²) >= 11 is 0. The first-order chi connectivity index (χ1) is 15.4. The molecule has 1 heterocycles. The second-order valence-electron chi connectivity index (χ2n) is 6.62. The van der Waals surface area contributed by atoms with Crippen LogP contribution < -0.4 is 0 Å². The molecule has 1 aliphatic rings. The van der Waals surface area contributed by atoms with Gasteiger partial charge in [0.2, 0.25) is 6.10 Å². The normalized spacial score (nSPS) is 25.1. The first-order valence-corrected chi connectivity index (χ1v) is 9.52. The quantitative estimate of drug-likeness (QED) is 0.285. The summed E-state index contributed by atoms with van der Waals surface area (Å²) in [4.78, 5) is 70.5. The summed E-state index contributed by atoms with van der Waals surface area (Å²) in [7, 11) is 2.07. The fourth-order valence-corrected chi connectivity index (χ4v) is 2.88. The largest absolute Gasteiger partial charge is 0.467 e. The Bertz CT molecular complexity index is 762. The summed E-state index contributed by atoms with van der Waals surface area (Å²) in [6.45, 7) is 3.48. The van der Waals surface area contributed by atoms with Gasteiger partial charge in [0.25, 0.3) is 0 Å². The number of carbonyl (C=O) groups is 6. The standard InChI is InChI=1S/C19H26O14/c1-8(20)29-12(17(24)26-5)7-28-19-16(32-11(4)23)14(31-10(3)22)13(30-9(2)21)15(33-19)18(25)27-6/h12-16,19H,7H2,1-6H3/t12-,13+,14+,15+,16-,19+/m1/s1. The number of carbonyl (C=O) groups excluding carboxylic acids is 6. The molecule has 1 rings (SSSR count). The molecule has 1 aliphatic heterocycles. The molecule has 0 radical (unpaired) electrons. The lowest BCUT2D eigenvalue weighted by Gasteiger charge is -2.43. The summed E-state index contributed by atoms with van der Waals surface area (Å²) in [5.74, 6) is -5.42. The van der Waals surface area contributed by atoms with Crippen molar-refractivity contribution < 1.29 is 66.7 Å². The monoisotopic (exact) mass is 478 g/mol. The average Bonchev–Trinajstić information content (AvgIpc) is 2.71. The van der Waals surface area contributed by atoms with E-state index < -0.39 is 79.2 Å². The maximum Gasteiger partial charge on any atom is 0.349 e. The summed E-state index contributed by atoms with van der Waals surface area (Å²) in [5, 5.41) is 0. The van der Waals surface area contributed by atoms with Crippen molar-refractivity contribution in [2.24, 2.45) is 0 Å². The van der Waals surface area contributed by atoms with Gasteiger partial charge >= 0.3 is 35.8 Å². The van der Waals surface area contributed by atoms with Gasteiger partial charge in [-0.2, -0.15) is 0 Å². The third-order valence-corrected chi connectivity index (χ3v) is 4.02. The van der Waals surface area contributed by atoms with Crippen molar-refractivity contribution in [3.8, 4) is 0 Å². The fourth-order valence-electron chi connectivity index (χ4n) is 2.88. The summed E-state index contributed by atoms with van der Waals surface area (Å²) < 4.78 is 40.4. The van der Waals surface area contributed by atoms with Crippen molar-refractivity contribution in [2.75, 3.05) is 20.8 Å². The van der Waals surface area contributed by atoms with E-state index in [1.807, 2.05) is 0 Å². The molecule has 0 aliphatic carbocycles. The van der Waals surface area contributed by atoms with E-state index >= 15 is 0 Å². The Morgan fingerprint density at radius 3 is 1.70 bits per heavy atom. The number of hydrogen-bond donors (Lipinski definition) is 0. The van der Waals surface area contributed by atoms with E-state index in [1.54, 1.807) is 0 Å². The Hall–Kier alpha value is -3.26. The van der Waals surface area contributed by atoms with Crippen molar-refractivity contribution >= 4 is 35.8 Å². The van der Waals surface area contributed by atoms with Crippen molar-refractivity contribution in [2.45, 2.75) is 64.5 Å². The fraction of sp³-hybridized carbons (Fsp3) is 0.684. The molecule has 0 spiro atoms. The average molecular weight is 478 g/mol. The molecule has 14 nitrogen and oxygen atoms in total. The highest BCUT2D eigenvalue weighted by Gasteiger charge is 2.55. The zero-order chi connectivity index (χ0) is 25.3. The van der Waals surface area contributed by atoms with Gasteiger partial charge in [-0.25, -0.2) is 9.59 Å². The molecule has 0 N–H and O–H groups in total. The Labute approximate surface area is 188 Å². The minimum atomic E-state index is -1.68. The molecule has 1 saturated heterocycles. The van der Waals surface area contributed by atoms with Gasteiger partial charge in [0.05, 0.1) is 20.8 Å². The van der Waals surface area contributed by atoms with Gasteiger partial charge < -0.3 is 37.9 Å². The molecular formula is C19H26O14. The lowest BCUT2D eigenvalue weighted by Crippen LogP contribution is -2.64. The van der Waals surface area contributed by atoms with Crippen LogP contribution in [0.4, 0.5) is 0 Å². The van der Waals surface area contributed by atoms with Crippen LogP contribution in [0.25, 0.3) is 0 Å². The van der Waals surface area contributed by atoms with Crippen LogP contribution in [0.15, 0.2) is 0 Å². The van der Waals surface area contributed by atoms with Crippen molar-refractivity contribution in [1.82, 2.24) is 0 Å². The minimum absolute atomic E-state index is 0.659. The molecule has 0 unspecified atom stereocenters. The number of rotatable bonds is 9. The van der Waals surface area contributed by atoms with Crippen LogP contribution in [-0.2, 0) is 66.7 Å². The second kappa shape index (κ2) is 12.7. The number of methoxy groups -OCH3 is 2. The molecule has 14 heteroatoms. The SMILES string of the molecule is COC(=O)[C@H]1O[C@H](OC[C@@H](OC(C)=O)C(=O)OC)[C@H](OC(C)=O)[C@@H](OC(C)=O)[C@@H]1OC(C)=O. The zero-order valence-electron chi connectivity index (χ0n) is 18.9. The first kappa shape index (κ1) is 27.8. The van der Waals surface area contributed by atoms with Crippen LogP contribution in [0.2, 0.25) is 0 Å². The Kier molecular flexibility index (Phi) is 10.7. The topological polar surface area (TPSA) is 176 Å². The van der Waals surface area contributed by atoms with E-state index in [-0.39, 0.29) is 0 Å². The minimum Gasteiger partial charge on any atom is -0.467 e. The lowest BCUT2D eigenvalue weighted by molar-refractivity contribution is -0.304. The molecule has 0 aromatic rings. The van der Waals surface area contributed by atoms with E-state index in [0.717, 1.165) is 41.9 Å². The zero-order valence-corrected chi connectivity index (χ0v) is 18.9. The number of ether oxygens (including phenoxy) is 8. The van der Waals surface area contributed by atoms with E-state index in [0.29, 0.717) is 0 Å². The van der Waals surface area contributed by atoms with E-state index in [9.17, 15) is 28.8 Å². The molecule has 0 amide bonds. The van der Waals surface area contributed by atoms with Crippen molar-refractivity contribution in [1.29, 1.82) is 0 Å². The predicted octanol–water partition coefficient (Wildman–Crippen LogP) is -1.20. The van der Waals surface area contributed by atoms with Crippen molar-refractivity contribution in [3.63, 3.8) is 0 Å². The van der Waals surface area contributed by atoms with Crippen LogP contribution in [0.3, 0.4) is 0 Å². The van der Waals surface area contributed by atoms with Gasteiger partial charge in [-0.3, -0.25) is 19.2 Å². The molecule has 186 valence electrons. The summed E-state index contributed by atoms with van der Waals surface area (Å²) in [6.07, 6.45) is -9.57. The van der Waals surface area contributed by atoms with Crippen LogP contribution in [0.5, 0.6) is 0 Å². The summed E-state index contributed by atoms with van der Waals surface area (Å²) in [5.41, 5.74) is 0. The van der Waals surface area contributed by atoms with Gasteiger partial charge in [-0.05, 0) is 0 Å². The third-order valence-electron chi connectivity index (χ3n) is 4.02. The van der Waals surface area contributed by atoms with E-state index in [4.69, 9.17) is 28.4 Å². The van der Waals surface area contributed by atoms with Crippen LogP contribution >= 0.6 is 0 Å². The highest BCUT2D eigenvalue weighted by molar-refractivity contribution is 5.79. The number of esters is 6. The Morgan fingerprint density at radius 1 is 0.727 bits per heavy atom. The highest BCUT2D eigenvalue weighted by atomic mass is 16.7. The molecule has 0 aromatic carbocycles.